The predicted octanol–water partition coefficient (Wildman–Crippen LogP) is 4.15. The molecule has 11 nitrogen and oxygen atoms in total. The van der Waals surface area contributed by atoms with Crippen LogP contribution in [0.25, 0.3) is 22.6 Å². The van der Waals surface area contributed by atoms with E-state index in [0.29, 0.717) is 40.4 Å². The summed E-state index contributed by atoms with van der Waals surface area (Å²) in [6.45, 7) is 2.03. The number of aryl methyl sites for hydroxylation is 1. The number of methoxy groups -OCH3 is 2. The third kappa shape index (κ3) is 5.45. The third-order valence-electron chi connectivity index (χ3n) is 5.61. The first kappa shape index (κ1) is 25.4. The van der Waals surface area contributed by atoms with E-state index in [1.54, 1.807) is 36.5 Å². The lowest BCUT2D eigenvalue weighted by atomic mass is 9.95. The number of nitrogens with one attached hydrogen (secondary N) is 1. The molecular weight excluding hydrogens is 478 g/mol. The van der Waals surface area contributed by atoms with E-state index in [9.17, 15) is 15.0 Å². The van der Waals surface area contributed by atoms with Gasteiger partial charge in [0.2, 0.25) is 17.7 Å². The maximum atomic E-state index is 12.4. The maximum Gasteiger partial charge on any atom is 0.257 e. The molecule has 11 heteroatoms. The van der Waals surface area contributed by atoms with Crippen LogP contribution in [0.3, 0.4) is 0 Å². The van der Waals surface area contributed by atoms with Crippen LogP contribution in [-0.4, -0.2) is 50.5 Å². The lowest BCUT2D eigenvalue weighted by Crippen LogP contribution is -2.14. The zero-order valence-electron chi connectivity index (χ0n) is 20.7. The number of hydrogen-bond acceptors (Lipinski definition) is 10. The number of amides is 1. The van der Waals surface area contributed by atoms with Crippen molar-refractivity contribution in [3.63, 3.8) is 0 Å². The Morgan fingerprint density at radius 2 is 1.78 bits per heavy atom. The third-order valence-corrected chi connectivity index (χ3v) is 5.61. The summed E-state index contributed by atoms with van der Waals surface area (Å²) in [5, 5.41) is 32.8. The molecule has 1 amide bonds. The Hall–Kier alpha value is -4.67. The quantitative estimate of drug-likeness (QED) is 0.286. The van der Waals surface area contributed by atoms with Crippen molar-refractivity contribution >= 4 is 11.6 Å². The van der Waals surface area contributed by atoms with E-state index in [1.807, 2.05) is 6.92 Å². The summed E-state index contributed by atoms with van der Waals surface area (Å²) in [4.78, 5) is 20.7. The minimum absolute atomic E-state index is 0.0123. The van der Waals surface area contributed by atoms with Gasteiger partial charge in [0.05, 0.1) is 42.9 Å². The van der Waals surface area contributed by atoms with Gasteiger partial charge in [0.15, 0.2) is 0 Å². The molecule has 0 atom stereocenters. The second-order valence-electron chi connectivity index (χ2n) is 8.09. The summed E-state index contributed by atoms with van der Waals surface area (Å²) in [5.74, 6) is -0.504. The average molecular weight is 506 g/mol. The fourth-order valence-corrected chi connectivity index (χ4v) is 3.89. The van der Waals surface area contributed by atoms with Gasteiger partial charge in [0.25, 0.3) is 5.89 Å². The van der Waals surface area contributed by atoms with Crippen molar-refractivity contribution in [2.75, 3.05) is 19.5 Å². The molecule has 0 radical (unpaired) electrons. The predicted molar refractivity (Wildman–Crippen MR) is 135 cm³/mol. The SMILES string of the molecule is CCCCc1nc(O)c(-c2nnc(CC(=O)Nc3cccnc3)o2)c(O)c1-c1c(OC)cccc1OC. The molecule has 0 spiro atoms. The Morgan fingerprint density at radius 3 is 2.43 bits per heavy atom. The number of hydrogen-bond donors (Lipinski definition) is 3. The van der Waals surface area contributed by atoms with Crippen molar-refractivity contribution in [1.29, 1.82) is 0 Å². The fourth-order valence-electron chi connectivity index (χ4n) is 3.89. The van der Waals surface area contributed by atoms with Gasteiger partial charge in [-0.15, -0.1) is 10.2 Å². The second kappa shape index (κ2) is 11.4. The largest absolute Gasteiger partial charge is 0.506 e. The Morgan fingerprint density at radius 1 is 1.03 bits per heavy atom. The molecule has 3 heterocycles. The number of anilines is 1. The van der Waals surface area contributed by atoms with E-state index >= 15 is 0 Å². The molecule has 0 aliphatic heterocycles. The van der Waals surface area contributed by atoms with Crippen LogP contribution in [0.1, 0.15) is 31.4 Å². The van der Waals surface area contributed by atoms with Gasteiger partial charge < -0.3 is 29.4 Å². The molecule has 0 aliphatic rings. The summed E-state index contributed by atoms with van der Waals surface area (Å²) in [6.07, 6.45) is 5.01. The van der Waals surface area contributed by atoms with Crippen molar-refractivity contribution in [3.8, 4) is 45.7 Å². The Kier molecular flexibility index (Phi) is 7.82. The van der Waals surface area contributed by atoms with Gasteiger partial charge in [0, 0.05) is 6.20 Å². The van der Waals surface area contributed by atoms with E-state index in [1.165, 1.54) is 20.4 Å². The van der Waals surface area contributed by atoms with Crippen molar-refractivity contribution < 1.29 is 28.9 Å². The standard InChI is InChI=1S/C26H27N5O6/c1-4-5-9-16-21(22-17(35-2)10-6-11-18(22)36-3)24(33)23(25(34)29-16)26-31-30-20(37-26)13-19(32)28-15-8-7-12-27-14-15/h6-8,10-12,14H,4-5,9,13H2,1-3H3,(H,28,32)(H2,29,33,34). The number of ether oxygens (including phenoxy) is 2. The van der Waals surface area contributed by atoms with Crippen LogP contribution in [0, 0.1) is 0 Å². The van der Waals surface area contributed by atoms with Gasteiger partial charge >= 0.3 is 0 Å². The number of rotatable bonds is 10. The summed E-state index contributed by atoms with van der Waals surface area (Å²) in [6, 6.07) is 8.62. The number of aromatic hydroxyl groups is 2. The molecular formula is C26H27N5O6. The number of nitrogens with zero attached hydrogens (tertiary/aromatic N) is 4. The number of aromatic nitrogens is 4. The van der Waals surface area contributed by atoms with Crippen LogP contribution in [-0.2, 0) is 17.6 Å². The number of benzene rings is 1. The topological polar surface area (TPSA) is 153 Å². The zero-order chi connectivity index (χ0) is 26.4. The highest BCUT2D eigenvalue weighted by atomic mass is 16.5. The van der Waals surface area contributed by atoms with Crippen molar-refractivity contribution in [3.05, 3.63) is 54.3 Å². The van der Waals surface area contributed by atoms with Gasteiger partial charge in [0.1, 0.15) is 29.2 Å². The van der Waals surface area contributed by atoms with Crippen molar-refractivity contribution in [2.45, 2.75) is 32.6 Å². The van der Waals surface area contributed by atoms with E-state index < -0.39 is 11.8 Å². The first-order valence-electron chi connectivity index (χ1n) is 11.7. The van der Waals surface area contributed by atoms with E-state index in [0.717, 1.165) is 12.8 Å². The molecule has 0 saturated heterocycles. The monoisotopic (exact) mass is 505 g/mol. The summed E-state index contributed by atoms with van der Waals surface area (Å²) >= 11 is 0. The smallest absolute Gasteiger partial charge is 0.257 e. The lowest BCUT2D eigenvalue weighted by Gasteiger charge is -2.18. The van der Waals surface area contributed by atoms with Gasteiger partial charge in [-0.25, -0.2) is 4.98 Å². The Balaban J connectivity index is 1.76. The van der Waals surface area contributed by atoms with Crippen LogP contribution in [0.2, 0.25) is 0 Å². The Labute approximate surface area is 213 Å². The van der Waals surface area contributed by atoms with Gasteiger partial charge in [-0.3, -0.25) is 9.78 Å². The van der Waals surface area contributed by atoms with Crippen LogP contribution in [0.15, 0.2) is 47.1 Å². The molecule has 0 unspecified atom stereocenters. The highest BCUT2D eigenvalue weighted by Gasteiger charge is 2.29. The van der Waals surface area contributed by atoms with Crippen LogP contribution in [0.5, 0.6) is 23.1 Å². The molecule has 37 heavy (non-hydrogen) atoms. The summed E-state index contributed by atoms with van der Waals surface area (Å²) in [5.41, 5.74) is 1.61. The van der Waals surface area contributed by atoms with E-state index in [4.69, 9.17) is 13.9 Å². The van der Waals surface area contributed by atoms with E-state index in [-0.39, 0.29) is 29.5 Å². The van der Waals surface area contributed by atoms with Crippen LogP contribution >= 0.6 is 0 Å². The second-order valence-corrected chi connectivity index (χ2v) is 8.09. The summed E-state index contributed by atoms with van der Waals surface area (Å²) in [7, 11) is 3.02. The van der Waals surface area contributed by atoms with Crippen molar-refractivity contribution in [2.24, 2.45) is 0 Å². The molecule has 3 aromatic heterocycles. The number of pyridine rings is 2. The maximum absolute atomic E-state index is 12.4. The number of unbranched alkanes of at least 4 members (excludes halogenated alkanes) is 1. The molecule has 4 rings (SSSR count). The molecule has 0 bridgehead atoms. The molecule has 4 aromatic rings. The van der Waals surface area contributed by atoms with Gasteiger partial charge in [-0.05, 0) is 37.1 Å². The average Bonchev–Trinajstić information content (AvgIpc) is 3.35. The molecule has 0 saturated carbocycles. The van der Waals surface area contributed by atoms with Gasteiger partial charge in [-0.1, -0.05) is 19.4 Å². The lowest BCUT2D eigenvalue weighted by molar-refractivity contribution is -0.115. The fraction of sp³-hybridized carbons (Fsp3) is 0.269. The Bertz CT molecular complexity index is 1370. The highest BCUT2D eigenvalue weighted by Crippen LogP contribution is 2.49. The molecule has 0 fully saturated rings. The summed E-state index contributed by atoms with van der Waals surface area (Å²) < 4.78 is 16.7. The van der Waals surface area contributed by atoms with Crippen LogP contribution in [0.4, 0.5) is 5.69 Å². The first-order chi connectivity index (χ1) is 18.0. The normalized spacial score (nSPS) is 10.8. The highest BCUT2D eigenvalue weighted by molar-refractivity contribution is 5.92. The molecule has 0 aliphatic carbocycles. The number of carbonyl (C=O) groups is 1. The minimum atomic E-state index is -0.476. The molecule has 1 aromatic carbocycles. The number of carbonyl (C=O) groups excluding carboxylic acids is 1. The minimum Gasteiger partial charge on any atom is -0.506 e. The zero-order valence-corrected chi connectivity index (χ0v) is 20.7. The molecule has 192 valence electrons. The molecule has 3 N–H and O–H groups in total. The first-order valence-corrected chi connectivity index (χ1v) is 11.7. The van der Waals surface area contributed by atoms with E-state index in [2.05, 4.69) is 25.5 Å². The van der Waals surface area contributed by atoms with Crippen molar-refractivity contribution in [1.82, 2.24) is 20.2 Å². The van der Waals surface area contributed by atoms with Crippen LogP contribution < -0.4 is 14.8 Å². The van der Waals surface area contributed by atoms with Gasteiger partial charge in [-0.2, -0.15) is 0 Å².